The Morgan fingerprint density at radius 2 is 1.96 bits per heavy atom. The van der Waals surface area contributed by atoms with Gasteiger partial charge in [0.25, 0.3) is 5.56 Å². The molecule has 0 aliphatic carbocycles. The lowest BCUT2D eigenvalue weighted by atomic mass is 10.1. The molecule has 0 bridgehead atoms. The maximum Gasteiger partial charge on any atom is 0.267 e. The van der Waals surface area contributed by atoms with E-state index in [1.54, 1.807) is 24.3 Å². The van der Waals surface area contributed by atoms with Crippen molar-refractivity contribution in [1.29, 1.82) is 0 Å². The van der Waals surface area contributed by atoms with Gasteiger partial charge in [0.2, 0.25) is 5.91 Å². The summed E-state index contributed by atoms with van der Waals surface area (Å²) in [5.41, 5.74) is 1.26. The van der Waals surface area contributed by atoms with Gasteiger partial charge in [-0.05, 0) is 24.4 Å². The number of benzene rings is 1. The van der Waals surface area contributed by atoms with Gasteiger partial charge in [0.15, 0.2) is 0 Å². The van der Waals surface area contributed by atoms with Crippen molar-refractivity contribution in [2.24, 2.45) is 0 Å². The molecule has 0 saturated heterocycles. The predicted octanol–water partition coefficient (Wildman–Crippen LogP) is 2.85. The van der Waals surface area contributed by atoms with Gasteiger partial charge in [-0.1, -0.05) is 36.4 Å². The lowest BCUT2D eigenvalue weighted by Gasteiger charge is -2.14. The Morgan fingerprint density at radius 1 is 1.17 bits per heavy atom. The first-order valence-electron chi connectivity index (χ1n) is 7.60. The smallest absolute Gasteiger partial charge is 0.267 e. The lowest BCUT2D eigenvalue weighted by molar-refractivity contribution is -0.124. The summed E-state index contributed by atoms with van der Waals surface area (Å²) in [6.45, 7) is 2.13. The normalized spacial score (nSPS) is 11.9. The van der Waals surface area contributed by atoms with Gasteiger partial charge in [0, 0.05) is 16.5 Å². The van der Waals surface area contributed by atoms with Crippen molar-refractivity contribution >= 4 is 17.2 Å². The molecular formula is C18H17N3O2S. The Hall–Kier alpha value is -2.73. The van der Waals surface area contributed by atoms with Crippen LogP contribution in [0.15, 0.2) is 64.8 Å². The number of aromatic nitrogens is 2. The molecule has 1 atom stereocenters. The summed E-state index contributed by atoms with van der Waals surface area (Å²) in [6.07, 6.45) is 0. The largest absolute Gasteiger partial charge is 0.349 e. The molecular weight excluding hydrogens is 322 g/mol. The topological polar surface area (TPSA) is 64.0 Å². The molecule has 2 heterocycles. The number of hydrogen-bond donors (Lipinski definition) is 1. The summed E-state index contributed by atoms with van der Waals surface area (Å²) in [5, 5.41) is 9.15. The Balaban J connectivity index is 1.80. The molecule has 1 aromatic carbocycles. The zero-order valence-corrected chi connectivity index (χ0v) is 14.0. The average molecular weight is 339 g/mol. The highest BCUT2D eigenvalue weighted by Crippen LogP contribution is 2.15. The van der Waals surface area contributed by atoms with Crippen LogP contribution < -0.4 is 10.9 Å². The van der Waals surface area contributed by atoms with Crippen LogP contribution in [0.4, 0.5) is 0 Å². The second-order valence-electron chi connectivity index (χ2n) is 5.34. The molecule has 3 rings (SSSR count). The maximum atomic E-state index is 12.3. The number of nitrogens with zero attached hydrogens (tertiary/aromatic N) is 2. The van der Waals surface area contributed by atoms with Crippen LogP contribution in [0.25, 0.3) is 11.3 Å². The number of carbonyl (C=O) groups excluding carboxylic acids is 1. The average Bonchev–Trinajstić information content (AvgIpc) is 3.14. The van der Waals surface area contributed by atoms with Crippen molar-refractivity contribution in [1.82, 2.24) is 15.1 Å². The molecule has 1 amide bonds. The van der Waals surface area contributed by atoms with E-state index >= 15 is 0 Å². The quantitative estimate of drug-likeness (QED) is 0.777. The summed E-state index contributed by atoms with van der Waals surface area (Å²) in [6, 6.07) is 15.9. The zero-order valence-electron chi connectivity index (χ0n) is 13.2. The Kier molecular flexibility index (Phi) is 4.86. The number of rotatable bonds is 5. The summed E-state index contributed by atoms with van der Waals surface area (Å²) < 4.78 is 1.23. The fraction of sp³-hybridized carbons (Fsp3) is 0.167. The highest BCUT2D eigenvalue weighted by molar-refractivity contribution is 7.09. The number of nitrogens with one attached hydrogen (secondary N) is 1. The minimum atomic E-state index is -0.680. The second-order valence-corrected chi connectivity index (χ2v) is 6.37. The Labute approximate surface area is 143 Å². The van der Waals surface area contributed by atoms with E-state index in [-0.39, 0.29) is 11.5 Å². The van der Waals surface area contributed by atoms with Crippen LogP contribution in [0.1, 0.15) is 17.8 Å². The number of thiophene rings is 1. The minimum Gasteiger partial charge on any atom is -0.349 e. The van der Waals surface area contributed by atoms with Gasteiger partial charge in [-0.15, -0.1) is 11.3 Å². The molecule has 0 aliphatic heterocycles. The Morgan fingerprint density at radius 3 is 2.67 bits per heavy atom. The van der Waals surface area contributed by atoms with Crippen LogP contribution in [-0.4, -0.2) is 15.7 Å². The highest BCUT2D eigenvalue weighted by atomic mass is 32.1. The van der Waals surface area contributed by atoms with E-state index in [0.29, 0.717) is 12.2 Å². The molecule has 5 nitrogen and oxygen atoms in total. The van der Waals surface area contributed by atoms with Gasteiger partial charge in [0.05, 0.1) is 12.2 Å². The molecule has 0 aliphatic rings. The van der Waals surface area contributed by atoms with E-state index in [2.05, 4.69) is 10.4 Å². The number of carbonyl (C=O) groups is 1. The molecule has 1 N–H and O–H groups in total. The van der Waals surface area contributed by atoms with Crippen LogP contribution in [0.5, 0.6) is 0 Å². The molecule has 2 aromatic heterocycles. The van der Waals surface area contributed by atoms with Crippen molar-refractivity contribution in [2.45, 2.75) is 19.5 Å². The molecule has 0 fully saturated rings. The van der Waals surface area contributed by atoms with Crippen molar-refractivity contribution in [3.05, 3.63) is 75.2 Å². The van der Waals surface area contributed by atoms with Crippen LogP contribution in [0.2, 0.25) is 0 Å². The van der Waals surface area contributed by atoms with Gasteiger partial charge < -0.3 is 5.32 Å². The summed E-state index contributed by atoms with van der Waals surface area (Å²) >= 11 is 1.58. The van der Waals surface area contributed by atoms with Crippen LogP contribution >= 0.6 is 11.3 Å². The SMILES string of the molecule is C[C@H](C(=O)NCc1cccs1)n1nc(-c2ccccc2)ccc1=O. The zero-order chi connectivity index (χ0) is 16.9. The summed E-state index contributed by atoms with van der Waals surface area (Å²) in [4.78, 5) is 25.5. The van der Waals surface area contributed by atoms with Gasteiger partial charge in [-0.2, -0.15) is 5.10 Å². The predicted molar refractivity (Wildman–Crippen MR) is 94.8 cm³/mol. The molecule has 24 heavy (non-hydrogen) atoms. The maximum absolute atomic E-state index is 12.3. The standard InChI is InChI=1S/C18H17N3O2S/c1-13(18(23)19-12-15-8-5-11-24-15)21-17(22)10-9-16(20-21)14-6-3-2-4-7-14/h2-11,13H,12H2,1H3,(H,19,23)/t13-/m1/s1. The van der Waals surface area contributed by atoms with Crippen LogP contribution in [0, 0.1) is 0 Å². The van der Waals surface area contributed by atoms with E-state index in [9.17, 15) is 9.59 Å². The highest BCUT2D eigenvalue weighted by Gasteiger charge is 2.17. The monoisotopic (exact) mass is 339 g/mol. The van der Waals surface area contributed by atoms with Gasteiger partial charge >= 0.3 is 0 Å². The van der Waals surface area contributed by atoms with Gasteiger partial charge in [0.1, 0.15) is 6.04 Å². The molecule has 6 heteroatoms. The summed E-state index contributed by atoms with van der Waals surface area (Å²) in [7, 11) is 0. The molecule has 0 saturated carbocycles. The third kappa shape index (κ3) is 3.60. The fourth-order valence-corrected chi connectivity index (χ4v) is 2.96. The fourth-order valence-electron chi connectivity index (χ4n) is 2.31. The molecule has 0 spiro atoms. The minimum absolute atomic E-state index is 0.233. The second kappa shape index (κ2) is 7.23. The van der Waals surface area contributed by atoms with Crippen molar-refractivity contribution in [3.63, 3.8) is 0 Å². The van der Waals surface area contributed by atoms with E-state index < -0.39 is 6.04 Å². The van der Waals surface area contributed by atoms with E-state index in [1.807, 2.05) is 47.8 Å². The molecule has 122 valence electrons. The van der Waals surface area contributed by atoms with Crippen molar-refractivity contribution in [3.8, 4) is 11.3 Å². The van der Waals surface area contributed by atoms with Crippen LogP contribution in [0.3, 0.4) is 0 Å². The molecule has 3 aromatic rings. The third-order valence-electron chi connectivity index (χ3n) is 3.66. The van der Waals surface area contributed by atoms with Gasteiger partial charge in [-0.25, -0.2) is 4.68 Å². The number of amides is 1. The molecule has 0 radical (unpaired) electrons. The van der Waals surface area contributed by atoms with Crippen molar-refractivity contribution < 1.29 is 4.79 Å². The lowest BCUT2D eigenvalue weighted by Crippen LogP contribution is -2.36. The first kappa shape index (κ1) is 16.1. The van der Waals surface area contributed by atoms with Crippen molar-refractivity contribution in [2.75, 3.05) is 0 Å². The van der Waals surface area contributed by atoms with Crippen LogP contribution in [-0.2, 0) is 11.3 Å². The van der Waals surface area contributed by atoms with Gasteiger partial charge in [-0.3, -0.25) is 9.59 Å². The first-order chi connectivity index (χ1) is 11.6. The third-order valence-corrected chi connectivity index (χ3v) is 4.53. The van der Waals surface area contributed by atoms with E-state index in [0.717, 1.165) is 10.4 Å². The van der Waals surface area contributed by atoms with E-state index in [1.165, 1.54) is 10.7 Å². The number of hydrogen-bond acceptors (Lipinski definition) is 4. The first-order valence-corrected chi connectivity index (χ1v) is 8.48. The summed E-state index contributed by atoms with van der Waals surface area (Å²) in [5.74, 6) is -0.233. The Bertz CT molecular complexity index is 873. The van der Waals surface area contributed by atoms with E-state index in [4.69, 9.17) is 0 Å². The molecule has 0 unspecified atom stereocenters.